The molecule has 4 aromatic rings. The molecule has 0 saturated carbocycles. The molecular formula is C23H21N3O2S. The van der Waals surface area contributed by atoms with Crippen LogP contribution in [0.3, 0.4) is 0 Å². The van der Waals surface area contributed by atoms with E-state index in [1.165, 1.54) is 0 Å². The first-order valence-electron chi connectivity index (χ1n) is 9.29. The third-order valence-corrected chi connectivity index (χ3v) is 5.56. The predicted molar refractivity (Wildman–Crippen MR) is 114 cm³/mol. The summed E-state index contributed by atoms with van der Waals surface area (Å²) in [6.07, 6.45) is 5.30. The van der Waals surface area contributed by atoms with Gasteiger partial charge in [-0.2, -0.15) is 5.10 Å². The van der Waals surface area contributed by atoms with Crippen molar-refractivity contribution in [3.8, 4) is 5.69 Å². The maximum atomic E-state index is 12.9. The average Bonchev–Trinajstić information content (AvgIpc) is 3.42. The summed E-state index contributed by atoms with van der Waals surface area (Å²) in [5, 5.41) is 4.39. The lowest BCUT2D eigenvalue weighted by Crippen LogP contribution is -2.26. The highest BCUT2D eigenvalue weighted by Gasteiger charge is 2.20. The number of carbonyl (C=O) groups excluding carboxylic acids is 1. The van der Waals surface area contributed by atoms with Gasteiger partial charge in [-0.25, -0.2) is 4.68 Å². The lowest BCUT2D eigenvalue weighted by atomic mass is 10.2. The number of rotatable bonds is 7. The minimum atomic E-state index is -0.133. The van der Waals surface area contributed by atoms with E-state index in [0.29, 0.717) is 18.1 Å². The van der Waals surface area contributed by atoms with Crippen LogP contribution in [-0.2, 0) is 12.3 Å². The first-order chi connectivity index (χ1) is 14.2. The van der Waals surface area contributed by atoms with Crippen LogP contribution in [0.5, 0.6) is 0 Å². The van der Waals surface area contributed by atoms with Crippen LogP contribution in [0, 0.1) is 0 Å². The Bertz CT molecular complexity index is 1070. The molecule has 2 aromatic carbocycles. The van der Waals surface area contributed by atoms with Gasteiger partial charge in [0.1, 0.15) is 0 Å². The third kappa shape index (κ3) is 4.60. The Morgan fingerprint density at radius 3 is 2.55 bits per heavy atom. The zero-order valence-electron chi connectivity index (χ0n) is 16.1. The summed E-state index contributed by atoms with van der Waals surface area (Å²) in [5.41, 5.74) is 2.84. The number of carbonyl (C=O) groups is 1. The lowest BCUT2D eigenvalue weighted by Gasteiger charge is -2.15. The minimum absolute atomic E-state index is 0.133. The Kier molecular flexibility index (Phi) is 5.81. The molecule has 1 amide bonds. The monoisotopic (exact) mass is 403 g/mol. The van der Waals surface area contributed by atoms with Gasteiger partial charge < -0.3 is 9.32 Å². The van der Waals surface area contributed by atoms with Crippen molar-refractivity contribution in [3.63, 3.8) is 0 Å². The normalized spacial score (nSPS) is 10.8. The first-order valence-corrected chi connectivity index (χ1v) is 10.3. The van der Waals surface area contributed by atoms with E-state index in [9.17, 15) is 4.79 Å². The molecule has 6 heteroatoms. The summed E-state index contributed by atoms with van der Waals surface area (Å²) in [4.78, 5) is 15.7. The molecule has 0 saturated heterocycles. The molecule has 5 nitrogen and oxygen atoms in total. The van der Waals surface area contributed by atoms with Gasteiger partial charge in [0.15, 0.2) is 5.76 Å². The van der Waals surface area contributed by atoms with E-state index in [1.807, 2.05) is 65.5 Å². The number of nitrogens with zero attached hydrogens (tertiary/aromatic N) is 3. The quantitative estimate of drug-likeness (QED) is 0.406. The number of para-hydroxylation sites is 1. The van der Waals surface area contributed by atoms with Crippen molar-refractivity contribution < 1.29 is 9.21 Å². The van der Waals surface area contributed by atoms with Crippen molar-refractivity contribution in [1.82, 2.24) is 14.7 Å². The van der Waals surface area contributed by atoms with E-state index >= 15 is 0 Å². The molecule has 2 heterocycles. The van der Waals surface area contributed by atoms with Gasteiger partial charge in [0.2, 0.25) is 0 Å². The molecule has 0 unspecified atom stereocenters. The highest BCUT2D eigenvalue weighted by molar-refractivity contribution is 7.98. The van der Waals surface area contributed by atoms with Gasteiger partial charge in [-0.05, 0) is 30.3 Å². The standard InChI is InChI=1S/C23H21N3O2S/c1-25(15-18-14-24-26(16-18)20-8-4-2-5-9-20)23(27)22-19(12-13-28-22)17-29-21-10-6-3-7-11-21/h2-14,16H,15,17H2,1H3. The van der Waals surface area contributed by atoms with Crippen LogP contribution in [0.15, 0.2) is 94.7 Å². The number of furan rings is 1. The van der Waals surface area contributed by atoms with Gasteiger partial charge in [-0.1, -0.05) is 36.4 Å². The van der Waals surface area contributed by atoms with Crippen LogP contribution >= 0.6 is 11.8 Å². The maximum Gasteiger partial charge on any atom is 0.289 e. The molecule has 146 valence electrons. The van der Waals surface area contributed by atoms with Gasteiger partial charge in [0.05, 0.1) is 18.1 Å². The summed E-state index contributed by atoms with van der Waals surface area (Å²) in [7, 11) is 1.78. The summed E-state index contributed by atoms with van der Waals surface area (Å²) in [6, 6.07) is 21.9. The van der Waals surface area contributed by atoms with E-state index in [4.69, 9.17) is 4.42 Å². The van der Waals surface area contributed by atoms with Crippen molar-refractivity contribution >= 4 is 17.7 Å². The van der Waals surface area contributed by atoms with Crippen molar-refractivity contribution in [2.45, 2.75) is 17.2 Å². The number of thioether (sulfide) groups is 1. The molecule has 0 radical (unpaired) electrons. The van der Waals surface area contributed by atoms with E-state index < -0.39 is 0 Å². The van der Waals surface area contributed by atoms with Gasteiger partial charge >= 0.3 is 0 Å². The Morgan fingerprint density at radius 1 is 1.07 bits per heavy atom. The number of aromatic nitrogens is 2. The highest BCUT2D eigenvalue weighted by atomic mass is 32.2. The third-order valence-electron chi connectivity index (χ3n) is 4.50. The molecule has 0 atom stereocenters. The van der Waals surface area contributed by atoms with Crippen molar-refractivity contribution in [3.05, 3.63) is 102 Å². The largest absolute Gasteiger partial charge is 0.459 e. The van der Waals surface area contributed by atoms with Crippen LogP contribution in [0.1, 0.15) is 21.7 Å². The smallest absolute Gasteiger partial charge is 0.289 e. The SMILES string of the molecule is CN(Cc1cnn(-c2ccccc2)c1)C(=O)c1occc1CSc1ccccc1. The zero-order chi connectivity index (χ0) is 20.1. The molecule has 4 rings (SSSR count). The zero-order valence-corrected chi connectivity index (χ0v) is 16.9. The Balaban J connectivity index is 1.41. The van der Waals surface area contributed by atoms with E-state index in [2.05, 4.69) is 17.2 Å². The van der Waals surface area contributed by atoms with Crippen LogP contribution in [0.4, 0.5) is 0 Å². The Hall–Kier alpha value is -3.25. The second kappa shape index (κ2) is 8.84. The maximum absolute atomic E-state index is 12.9. The van der Waals surface area contributed by atoms with Crippen LogP contribution in [0.2, 0.25) is 0 Å². The molecular weight excluding hydrogens is 382 g/mol. The van der Waals surface area contributed by atoms with Crippen molar-refractivity contribution in [1.29, 1.82) is 0 Å². The molecule has 0 spiro atoms. The minimum Gasteiger partial charge on any atom is -0.459 e. The predicted octanol–water partition coefficient (Wildman–Crippen LogP) is 5.03. The summed E-state index contributed by atoms with van der Waals surface area (Å²) in [6.45, 7) is 0.456. The Morgan fingerprint density at radius 2 is 1.79 bits per heavy atom. The lowest BCUT2D eigenvalue weighted by molar-refractivity contribution is 0.0752. The summed E-state index contributed by atoms with van der Waals surface area (Å²) < 4.78 is 7.33. The molecule has 0 aliphatic carbocycles. The topological polar surface area (TPSA) is 51.3 Å². The molecule has 29 heavy (non-hydrogen) atoms. The molecule has 2 aromatic heterocycles. The number of benzene rings is 2. The average molecular weight is 404 g/mol. The van der Waals surface area contributed by atoms with Gasteiger partial charge in [-0.3, -0.25) is 4.79 Å². The number of amides is 1. The fraction of sp³-hybridized carbons (Fsp3) is 0.130. The molecule has 0 aliphatic rings. The van der Waals surface area contributed by atoms with Crippen LogP contribution < -0.4 is 0 Å². The Labute approximate surface area is 174 Å². The van der Waals surface area contributed by atoms with E-state index in [0.717, 1.165) is 21.7 Å². The second-order valence-corrected chi connectivity index (χ2v) is 7.72. The van der Waals surface area contributed by atoms with Crippen molar-refractivity contribution in [2.75, 3.05) is 7.05 Å². The van der Waals surface area contributed by atoms with Gasteiger partial charge in [0.25, 0.3) is 5.91 Å². The van der Waals surface area contributed by atoms with Crippen molar-refractivity contribution in [2.24, 2.45) is 0 Å². The van der Waals surface area contributed by atoms with Gasteiger partial charge in [0, 0.05) is 41.6 Å². The van der Waals surface area contributed by atoms with Gasteiger partial charge in [-0.15, -0.1) is 11.8 Å². The molecule has 0 bridgehead atoms. The van der Waals surface area contributed by atoms with Crippen LogP contribution in [-0.4, -0.2) is 27.6 Å². The summed E-state index contributed by atoms with van der Waals surface area (Å²) in [5.74, 6) is 0.943. The fourth-order valence-electron chi connectivity index (χ4n) is 3.00. The highest BCUT2D eigenvalue weighted by Crippen LogP contribution is 2.25. The number of hydrogen-bond acceptors (Lipinski definition) is 4. The van der Waals surface area contributed by atoms with Crippen LogP contribution in [0.25, 0.3) is 5.69 Å². The van der Waals surface area contributed by atoms with E-state index in [1.54, 1.807) is 36.2 Å². The first kappa shape index (κ1) is 19.1. The molecule has 0 aliphatic heterocycles. The molecule has 0 N–H and O–H groups in total. The van der Waals surface area contributed by atoms with E-state index in [-0.39, 0.29) is 5.91 Å². The number of hydrogen-bond donors (Lipinski definition) is 0. The summed E-state index contributed by atoms with van der Waals surface area (Å²) >= 11 is 1.68. The molecule has 0 fully saturated rings. The second-order valence-electron chi connectivity index (χ2n) is 6.67. The fourth-order valence-corrected chi connectivity index (χ4v) is 3.90.